The van der Waals surface area contributed by atoms with Crippen molar-refractivity contribution in [1.29, 1.82) is 0 Å². The van der Waals surface area contributed by atoms with Crippen molar-refractivity contribution in [2.45, 2.75) is 38.1 Å². The van der Waals surface area contributed by atoms with Gasteiger partial charge in [0.2, 0.25) is 0 Å². The van der Waals surface area contributed by atoms with Gasteiger partial charge in [0.25, 0.3) is 11.8 Å². The standard InChI is InChI=1S/C22H25N3O5/c26-19(25-22(29)24-18-8-2-1-3-9-18)14-30-20(27)13-23-21(28)17-11-10-15-6-4-5-7-16(15)12-17/h4-7,10-12,18H,1-3,8-9,13-14H2,(H,23,28)(H2,24,25,26,29). The van der Waals surface area contributed by atoms with E-state index in [4.69, 9.17) is 4.74 Å². The van der Waals surface area contributed by atoms with Gasteiger partial charge in [0.1, 0.15) is 6.54 Å². The van der Waals surface area contributed by atoms with Crippen molar-refractivity contribution < 1.29 is 23.9 Å². The van der Waals surface area contributed by atoms with Crippen LogP contribution in [0, 0.1) is 0 Å². The van der Waals surface area contributed by atoms with Gasteiger partial charge in [-0.05, 0) is 35.7 Å². The average Bonchev–Trinajstić information content (AvgIpc) is 2.76. The van der Waals surface area contributed by atoms with Gasteiger partial charge in [-0.1, -0.05) is 49.6 Å². The fourth-order valence-electron chi connectivity index (χ4n) is 3.41. The summed E-state index contributed by atoms with van der Waals surface area (Å²) in [5.41, 5.74) is 0.415. The highest BCUT2D eigenvalue weighted by Crippen LogP contribution is 2.17. The quantitative estimate of drug-likeness (QED) is 0.631. The highest BCUT2D eigenvalue weighted by molar-refractivity contribution is 6.00. The van der Waals surface area contributed by atoms with Gasteiger partial charge in [-0.15, -0.1) is 0 Å². The molecule has 2 aromatic rings. The minimum absolute atomic E-state index is 0.0689. The minimum atomic E-state index is -0.771. The van der Waals surface area contributed by atoms with E-state index in [2.05, 4.69) is 16.0 Å². The van der Waals surface area contributed by atoms with Crippen LogP contribution in [0.4, 0.5) is 4.79 Å². The lowest BCUT2D eigenvalue weighted by Crippen LogP contribution is -2.46. The summed E-state index contributed by atoms with van der Waals surface area (Å²) in [6, 6.07) is 12.3. The minimum Gasteiger partial charge on any atom is -0.454 e. The number of esters is 1. The van der Waals surface area contributed by atoms with E-state index in [0.29, 0.717) is 5.56 Å². The Morgan fingerprint density at radius 2 is 1.67 bits per heavy atom. The molecule has 1 aliphatic carbocycles. The van der Waals surface area contributed by atoms with E-state index in [1.165, 1.54) is 0 Å². The molecule has 0 aromatic heterocycles. The molecule has 0 aliphatic heterocycles. The lowest BCUT2D eigenvalue weighted by molar-refractivity contribution is -0.147. The molecule has 4 amide bonds. The van der Waals surface area contributed by atoms with Crippen molar-refractivity contribution in [3.05, 3.63) is 48.0 Å². The number of rotatable bonds is 6. The molecule has 1 fully saturated rings. The number of ether oxygens (including phenoxy) is 1. The second-order valence-corrected chi connectivity index (χ2v) is 7.26. The molecule has 30 heavy (non-hydrogen) atoms. The lowest BCUT2D eigenvalue weighted by atomic mass is 9.96. The van der Waals surface area contributed by atoms with Gasteiger partial charge in [-0.3, -0.25) is 19.7 Å². The third kappa shape index (κ3) is 6.30. The van der Waals surface area contributed by atoms with E-state index in [1.807, 2.05) is 30.3 Å². The first-order valence-corrected chi connectivity index (χ1v) is 10.0. The molecule has 0 atom stereocenters. The Balaban J connectivity index is 1.36. The van der Waals surface area contributed by atoms with Crippen molar-refractivity contribution in [1.82, 2.24) is 16.0 Å². The van der Waals surface area contributed by atoms with Crippen LogP contribution in [-0.4, -0.2) is 43.0 Å². The molecule has 0 radical (unpaired) electrons. The fraction of sp³-hybridized carbons (Fsp3) is 0.364. The van der Waals surface area contributed by atoms with Crippen molar-refractivity contribution in [2.24, 2.45) is 0 Å². The lowest BCUT2D eigenvalue weighted by Gasteiger charge is -2.22. The van der Waals surface area contributed by atoms with Crippen molar-refractivity contribution >= 4 is 34.6 Å². The smallest absolute Gasteiger partial charge is 0.325 e. The molecule has 1 aliphatic rings. The molecule has 8 nitrogen and oxygen atoms in total. The van der Waals surface area contributed by atoms with Gasteiger partial charge in [-0.2, -0.15) is 0 Å². The molecule has 0 heterocycles. The summed E-state index contributed by atoms with van der Waals surface area (Å²) in [5.74, 6) is -1.92. The third-order valence-electron chi connectivity index (χ3n) is 4.96. The molecule has 0 unspecified atom stereocenters. The first kappa shape index (κ1) is 21.3. The van der Waals surface area contributed by atoms with E-state index in [9.17, 15) is 19.2 Å². The maximum absolute atomic E-state index is 12.2. The van der Waals surface area contributed by atoms with Gasteiger partial charge in [0.05, 0.1) is 0 Å². The largest absolute Gasteiger partial charge is 0.454 e. The van der Waals surface area contributed by atoms with Gasteiger partial charge >= 0.3 is 12.0 Å². The molecule has 0 bridgehead atoms. The Morgan fingerprint density at radius 3 is 2.43 bits per heavy atom. The van der Waals surface area contributed by atoms with Crippen LogP contribution in [0.1, 0.15) is 42.5 Å². The fourth-order valence-corrected chi connectivity index (χ4v) is 3.41. The van der Waals surface area contributed by atoms with Crippen LogP contribution in [0.15, 0.2) is 42.5 Å². The molecule has 0 saturated heterocycles. The van der Waals surface area contributed by atoms with E-state index < -0.39 is 30.4 Å². The van der Waals surface area contributed by atoms with Crippen LogP contribution in [-0.2, 0) is 14.3 Å². The zero-order valence-electron chi connectivity index (χ0n) is 16.6. The van der Waals surface area contributed by atoms with E-state index in [-0.39, 0.29) is 12.6 Å². The molecule has 3 rings (SSSR count). The number of nitrogens with one attached hydrogen (secondary N) is 3. The summed E-state index contributed by atoms with van der Waals surface area (Å²) in [4.78, 5) is 47.5. The van der Waals surface area contributed by atoms with E-state index in [1.54, 1.807) is 12.1 Å². The Kier molecular flexibility index (Phi) is 7.37. The normalized spacial score (nSPS) is 14.0. The maximum Gasteiger partial charge on any atom is 0.325 e. The number of hydrogen-bond acceptors (Lipinski definition) is 5. The highest BCUT2D eigenvalue weighted by Gasteiger charge is 2.17. The summed E-state index contributed by atoms with van der Waals surface area (Å²) in [6.45, 7) is -0.976. The monoisotopic (exact) mass is 411 g/mol. The molecule has 2 aromatic carbocycles. The van der Waals surface area contributed by atoms with Crippen molar-refractivity contribution in [3.63, 3.8) is 0 Å². The predicted molar refractivity (Wildman–Crippen MR) is 111 cm³/mol. The number of amides is 4. The zero-order valence-corrected chi connectivity index (χ0v) is 16.6. The third-order valence-corrected chi connectivity index (χ3v) is 4.96. The van der Waals surface area contributed by atoms with Gasteiger partial charge in [0.15, 0.2) is 6.61 Å². The van der Waals surface area contributed by atoms with Crippen LogP contribution < -0.4 is 16.0 Å². The summed E-state index contributed by atoms with van der Waals surface area (Å²) >= 11 is 0. The van der Waals surface area contributed by atoms with E-state index in [0.717, 1.165) is 42.9 Å². The Labute approximate surface area is 174 Å². The topological polar surface area (TPSA) is 114 Å². The average molecular weight is 411 g/mol. The summed E-state index contributed by atoms with van der Waals surface area (Å²) in [6.07, 6.45) is 5.07. The van der Waals surface area contributed by atoms with Crippen molar-refractivity contribution in [2.75, 3.05) is 13.2 Å². The SMILES string of the molecule is O=C(COC(=O)CNC(=O)c1ccc2ccccc2c1)NC(=O)NC1CCCCC1. The number of benzene rings is 2. The van der Waals surface area contributed by atoms with Gasteiger partial charge in [0, 0.05) is 11.6 Å². The molecule has 158 valence electrons. The Bertz CT molecular complexity index is 937. The van der Waals surface area contributed by atoms with Gasteiger partial charge in [-0.25, -0.2) is 4.79 Å². The summed E-state index contributed by atoms with van der Waals surface area (Å²) in [7, 11) is 0. The van der Waals surface area contributed by atoms with Crippen LogP contribution >= 0.6 is 0 Å². The number of carbonyl (C=O) groups excluding carboxylic acids is 4. The molecular weight excluding hydrogens is 386 g/mol. The van der Waals surface area contributed by atoms with Crippen molar-refractivity contribution in [3.8, 4) is 0 Å². The zero-order chi connectivity index (χ0) is 21.3. The second kappa shape index (κ2) is 10.4. The van der Waals surface area contributed by atoms with Crippen LogP contribution in [0.2, 0.25) is 0 Å². The first-order valence-electron chi connectivity index (χ1n) is 10.0. The molecule has 0 spiro atoms. The van der Waals surface area contributed by atoms with Crippen LogP contribution in [0.25, 0.3) is 10.8 Å². The molecular formula is C22H25N3O5. The number of imide groups is 1. The van der Waals surface area contributed by atoms with E-state index >= 15 is 0 Å². The Hall–Kier alpha value is -3.42. The molecule has 1 saturated carbocycles. The summed E-state index contributed by atoms with van der Waals surface area (Å²) in [5, 5.41) is 9.25. The molecule has 8 heteroatoms. The van der Waals surface area contributed by atoms with Crippen LogP contribution in [0.5, 0.6) is 0 Å². The predicted octanol–water partition coefficient (Wildman–Crippen LogP) is 2.27. The first-order chi connectivity index (χ1) is 14.5. The summed E-state index contributed by atoms with van der Waals surface area (Å²) < 4.78 is 4.81. The molecule has 3 N–H and O–H groups in total. The number of urea groups is 1. The highest BCUT2D eigenvalue weighted by atomic mass is 16.5. The number of hydrogen-bond donors (Lipinski definition) is 3. The second-order valence-electron chi connectivity index (χ2n) is 7.26. The number of fused-ring (bicyclic) bond motifs is 1. The number of carbonyl (C=O) groups is 4. The van der Waals surface area contributed by atoms with Crippen LogP contribution in [0.3, 0.4) is 0 Å². The maximum atomic E-state index is 12.2. The van der Waals surface area contributed by atoms with Gasteiger partial charge < -0.3 is 15.4 Å². The Morgan fingerprint density at radius 1 is 0.933 bits per heavy atom.